The van der Waals surface area contributed by atoms with Crippen LogP contribution in [0.15, 0.2) is 47.4 Å². The molecule has 0 aromatic heterocycles. The molecule has 0 amide bonds. The van der Waals surface area contributed by atoms with Crippen LogP contribution < -0.4 is 14.8 Å². The number of benzene rings is 2. The van der Waals surface area contributed by atoms with E-state index < -0.39 is 10.0 Å². The first kappa shape index (κ1) is 17.6. The number of rotatable bonds is 4. The lowest BCUT2D eigenvalue weighted by Crippen LogP contribution is -2.24. The summed E-state index contributed by atoms with van der Waals surface area (Å²) < 4.78 is 32.6. The molecule has 2 aromatic carbocycles. The van der Waals surface area contributed by atoms with Crippen molar-refractivity contribution in [3.8, 4) is 5.75 Å². The zero-order valence-corrected chi connectivity index (χ0v) is 14.3. The first-order chi connectivity index (χ1) is 10.6. The van der Waals surface area contributed by atoms with Crippen molar-refractivity contribution in [2.75, 3.05) is 18.4 Å². The summed E-state index contributed by atoms with van der Waals surface area (Å²) in [6.07, 6.45) is 0.932. The molecule has 0 bridgehead atoms. The highest BCUT2D eigenvalue weighted by Crippen LogP contribution is 2.22. The monoisotopic (exact) mass is 354 g/mol. The summed E-state index contributed by atoms with van der Waals surface area (Å²) in [7, 11) is -2.02. The molecule has 0 fully saturated rings. The molecule has 5 nitrogen and oxygen atoms in total. The summed E-state index contributed by atoms with van der Waals surface area (Å²) in [5, 5.41) is 3.25. The second-order valence-electron chi connectivity index (χ2n) is 5.19. The van der Waals surface area contributed by atoms with Gasteiger partial charge < -0.3 is 10.1 Å². The molecular formula is C16H19ClN2O3S. The number of fused-ring (bicyclic) bond motifs is 1. The van der Waals surface area contributed by atoms with Gasteiger partial charge in [-0.3, -0.25) is 4.72 Å². The van der Waals surface area contributed by atoms with Crippen LogP contribution in [0.3, 0.4) is 0 Å². The fourth-order valence-electron chi connectivity index (χ4n) is 2.50. The van der Waals surface area contributed by atoms with Crippen LogP contribution in [0.4, 0.5) is 5.69 Å². The Bertz CT molecular complexity index is 776. The molecular weight excluding hydrogens is 336 g/mol. The standard InChI is InChI=1S/C16H18N2O3S.ClH/c1-21-15-5-3-14(4-6-15)18-22(19,20)16-7-2-12-8-9-17-11-13(12)10-16;/h2-7,10,17-18H,8-9,11H2,1H3;1H. The van der Waals surface area contributed by atoms with E-state index in [1.54, 1.807) is 43.5 Å². The van der Waals surface area contributed by atoms with Gasteiger partial charge in [0.05, 0.1) is 12.0 Å². The van der Waals surface area contributed by atoms with E-state index in [9.17, 15) is 8.42 Å². The normalized spacial score (nSPS) is 13.6. The van der Waals surface area contributed by atoms with Crippen molar-refractivity contribution < 1.29 is 13.2 Å². The molecule has 0 spiro atoms. The Hall–Kier alpha value is -1.76. The Labute approximate surface area is 142 Å². The molecule has 23 heavy (non-hydrogen) atoms. The minimum absolute atomic E-state index is 0. The molecule has 0 saturated carbocycles. The fourth-order valence-corrected chi connectivity index (χ4v) is 3.61. The van der Waals surface area contributed by atoms with Gasteiger partial charge in [0.2, 0.25) is 0 Å². The number of sulfonamides is 1. The quantitative estimate of drug-likeness (QED) is 0.885. The summed E-state index contributed by atoms with van der Waals surface area (Å²) >= 11 is 0. The van der Waals surface area contributed by atoms with Crippen molar-refractivity contribution in [3.05, 3.63) is 53.6 Å². The van der Waals surface area contributed by atoms with Gasteiger partial charge in [0, 0.05) is 12.2 Å². The van der Waals surface area contributed by atoms with Gasteiger partial charge in [-0.15, -0.1) is 12.4 Å². The third-order valence-corrected chi connectivity index (χ3v) is 5.10. The average molecular weight is 355 g/mol. The minimum Gasteiger partial charge on any atom is -0.497 e. The Morgan fingerprint density at radius 2 is 1.83 bits per heavy atom. The van der Waals surface area contributed by atoms with Crippen LogP contribution in [0.1, 0.15) is 11.1 Å². The Balaban J connectivity index is 0.00000192. The van der Waals surface area contributed by atoms with E-state index in [1.165, 1.54) is 5.56 Å². The fraction of sp³-hybridized carbons (Fsp3) is 0.250. The van der Waals surface area contributed by atoms with Gasteiger partial charge in [0.1, 0.15) is 5.75 Å². The molecule has 1 aliphatic heterocycles. The summed E-state index contributed by atoms with van der Waals surface area (Å²) in [4.78, 5) is 0.283. The van der Waals surface area contributed by atoms with Crippen molar-refractivity contribution in [3.63, 3.8) is 0 Å². The minimum atomic E-state index is -3.58. The van der Waals surface area contributed by atoms with Crippen LogP contribution in [0.5, 0.6) is 5.75 Å². The first-order valence-corrected chi connectivity index (χ1v) is 8.56. The molecule has 124 valence electrons. The summed E-state index contributed by atoms with van der Waals surface area (Å²) in [6.45, 7) is 1.64. The van der Waals surface area contributed by atoms with E-state index in [1.807, 2.05) is 6.07 Å². The van der Waals surface area contributed by atoms with Crippen molar-refractivity contribution in [1.29, 1.82) is 0 Å². The SMILES string of the molecule is COc1ccc(NS(=O)(=O)c2ccc3c(c2)CNCC3)cc1.Cl. The number of hydrogen-bond donors (Lipinski definition) is 2. The maximum absolute atomic E-state index is 12.5. The van der Waals surface area contributed by atoms with Gasteiger partial charge in [0.15, 0.2) is 0 Å². The molecule has 2 N–H and O–H groups in total. The van der Waals surface area contributed by atoms with Crippen LogP contribution in [0, 0.1) is 0 Å². The third-order valence-electron chi connectivity index (χ3n) is 3.72. The number of methoxy groups -OCH3 is 1. The number of halogens is 1. The zero-order chi connectivity index (χ0) is 15.6. The van der Waals surface area contributed by atoms with Gasteiger partial charge in [-0.05, 0) is 60.5 Å². The summed E-state index contributed by atoms with van der Waals surface area (Å²) in [5.74, 6) is 0.683. The molecule has 3 rings (SSSR count). The van der Waals surface area contributed by atoms with Gasteiger partial charge in [0.25, 0.3) is 10.0 Å². The van der Waals surface area contributed by atoms with E-state index in [0.29, 0.717) is 18.0 Å². The van der Waals surface area contributed by atoms with E-state index >= 15 is 0 Å². The summed E-state index contributed by atoms with van der Waals surface area (Å²) in [6, 6.07) is 12.1. The van der Waals surface area contributed by atoms with Crippen molar-refractivity contribution in [2.45, 2.75) is 17.9 Å². The predicted octanol–water partition coefficient (Wildman–Crippen LogP) is 2.56. The summed E-state index contributed by atoms with van der Waals surface area (Å²) in [5.41, 5.74) is 2.77. The highest BCUT2D eigenvalue weighted by atomic mass is 35.5. The van der Waals surface area contributed by atoms with E-state index in [2.05, 4.69) is 10.0 Å². The number of nitrogens with one attached hydrogen (secondary N) is 2. The zero-order valence-electron chi connectivity index (χ0n) is 12.7. The molecule has 1 aliphatic rings. The molecule has 0 saturated heterocycles. The topological polar surface area (TPSA) is 67.4 Å². The van der Waals surface area contributed by atoms with Gasteiger partial charge in [-0.1, -0.05) is 6.07 Å². The highest BCUT2D eigenvalue weighted by Gasteiger charge is 2.17. The smallest absolute Gasteiger partial charge is 0.261 e. The van der Waals surface area contributed by atoms with Crippen LogP contribution >= 0.6 is 12.4 Å². The Morgan fingerprint density at radius 1 is 1.09 bits per heavy atom. The lowest BCUT2D eigenvalue weighted by molar-refractivity contribution is 0.415. The molecule has 2 aromatic rings. The van der Waals surface area contributed by atoms with Gasteiger partial charge in [-0.25, -0.2) is 8.42 Å². The number of anilines is 1. The van der Waals surface area contributed by atoms with Crippen molar-refractivity contribution in [2.24, 2.45) is 0 Å². The first-order valence-electron chi connectivity index (χ1n) is 7.08. The maximum atomic E-state index is 12.5. The van der Waals surface area contributed by atoms with Crippen LogP contribution in [0.2, 0.25) is 0 Å². The van der Waals surface area contributed by atoms with Crippen molar-refractivity contribution in [1.82, 2.24) is 5.32 Å². The average Bonchev–Trinajstić information content (AvgIpc) is 2.55. The molecule has 1 heterocycles. The predicted molar refractivity (Wildman–Crippen MR) is 92.9 cm³/mol. The molecule has 0 aliphatic carbocycles. The number of ether oxygens (including phenoxy) is 1. The van der Waals surface area contributed by atoms with Crippen LogP contribution in [-0.2, 0) is 23.0 Å². The molecule has 0 radical (unpaired) electrons. The molecule has 0 atom stereocenters. The second-order valence-corrected chi connectivity index (χ2v) is 6.87. The number of hydrogen-bond acceptors (Lipinski definition) is 4. The third kappa shape index (κ3) is 3.96. The van der Waals surface area contributed by atoms with E-state index in [0.717, 1.165) is 18.5 Å². The van der Waals surface area contributed by atoms with Crippen LogP contribution in [0.25, 0.3) is 0 Å². The van der Waals surface area contributed by atoms with E-state index in [-0.39, 0.29) is 17.3 Å². The molecule has 7 heteroatoms. The van der Waals surface area contributed by atoms with E-state index in [4.69, 9.17) is 4.74 Å². The maximum Gasteiger partial charge on any atom is 0.261 e. The Morgan fingerprint density at radius 3 is 2.52 bits per heavy atom. The lowest BCUT2D eigenvalue weighted by Gasteiger charge is -2.18. The highest BCUT2D eigenvalue weighted by molar-refractivity contribution is 7.92. The van der Waals surface area contributed by atoms with Crippen LogP contribution in [-0.4, -0.2) is 22.1 Å². The Kier molecular flexibility index (Phi) is 5.51. The van der Waals surface area contributed by atoms with Crippen molar-refractivity contribution >= 4 is 28.1 Å². The van der Waals surface area contributed by atoms with Gasteiger partial charge >= 0.3 is 0 Å². The lowest BCUT2D eigenvalue weighted by atomic mass is 10.0. The van der Waals surface area contributed by atoms with Gasteiger partial charge in [-0.2, -0.15) is 0 Å². The largest absolute Gasteiger partial charge is 0.497 e. The second kappa shape index (κ2) is 7.21. The molecule has 0 unspecified atom stereocenters.